The Morgan fingerprint density at radius 3 is 0.800 bits per heavy atom. The van der Waals surface area contributed by atoms with E-state index in [1.807, 2.05) is 112 Å². The van der Waals surface area contributed by atoms with Crippen LogP contribution in [0.4, 0.5) is 0 Å². The monoisotopic (exact) mass is 2310 g/mol. The highest BCUT2D eigenvalue weighted by Gasteiger charge is 2.35. The second-order valence-electron chi connectivity index (χ2n) is 40.4. The lowest BCUT2D eigenvalue weighted by Gasteiger charge is -2.25. The summed E-state index contributed by atoms with van der Waals surface area (Å²) in [7, 11) is -8.12. The molecule has 2 heterocycles. The molecule has 3 unspecified atom stereocenters. The lowest BCUT2D eigenvalue weighted by atomic mass is 10.1. The van der Waals surface area contributed by atoms with Crippen molar-refractivity contribution in [1.82, 2.24) is 0 Å². The maximum atomic E-state index is 11.4. The average molecular weight is 2310 g/mol. The van der Waals surface area contributed by atoms with Crippen molar-refractivity contribution in [2.45, 2.75) is 258 Å². The smallest absolute Gasteiger partial charge is 0.192 e. The minimum absolute atomic E-state index is 0.104. The number of carbonyl (C=O) groups excluding carboxylic acids is 2. The number of allylic oxidation sites excluding steroid dienone is 3. The van der Waals surface area contributed by atoms with Gasteiger partial charge in [-0.15, -0.1) is 42.9 Å². The van der Waals surface area contributed by atoms with E-state index in [-0.39, 0.29) is 29.1 Å². The number of aliphatic hydroxyl groups is 2. The Kier molecular flexibility index (Phi) is 57.1. The fourth-order valence-corrected chi connectivity index (χ4v) is 29.0. The van der Waals surface area contributed by atoms with Crippen LogP contribution in [0.2, 0.25) is 115 Å². The highest BCUT2D eigenvalue weighted by Crippen LogP contribution is 2.34. The molecule has 3 atom stereocenters. The summed E-state index contributed by atoms with van der Waals surface area (Å²) in [6.07, 6.45) is 12.5. The van der Waals surface area contributed by atoms with Crippen molar-refractivity contribution in [1.29, 1.82) is 0 Å². The van der Waals surface area contributed by atoms with Crippen LogP contribution in [0, 0.1) is 27.7 Å². The second-order valence-corrected chi connectivity index (χ2v) is 76.3. The number of halogens is 7. The summed E-state index contributed by atoms with van der Waals surface area (Å²) in [4.78, 5) is 22.5. The Bertz CT molecular complexity index is 5240. The zero-order chi connectivity index (χ0) is 105. The van der Waals surface area contributed by atoms with Gasteiger partial charge in [-0.05, 0) is 183 Å². The van der Waals surface area contributed by atoms with Gasteiger partial charge in [0.15, 0.2) is 30.5 Å². The van der Waals surface area contributed by atoms with Crippen molar-refractivity contribution in [3.8, 4) is 0 Å². The Balaban J connectivity index is 0.000000334. The standard InChI is InChI=1S/C20H27BrSi.C20H28OSi.C20H26OSi.C15H22O2Si.C13H20OSi.C10H11BrO2.C8H7BrO.C7H7Br.C5H11ClSi.CH2Cl2/c3*1-16-7-9-18(10-8-16)6-5-15-22(3,4)20-13-11-19(12-14-20)17(2)21;1-5-12-18(3,4)14-8-6-13(7-9-14)15(2)16-10-11-17-15;1-5-10-15(3,4)13-8-6-12(7-9-13)11(2)14;1-10(12-6-7-13-10)8-2-4-9(11)5-3-8;1-6(10)7-2-4-8(9)5-3-7;1-6-2-4-7(8)5-3-6;1-4-5-7(2,3)6;2-1-3/h7-14,17H,5-6,15H2,1-4H3;7-14,17,21H,5-6,15H2,1-4H3;7-14H,5-6,15H2,1-4H3;5-9H,1,10-12H2,2-4H3;5-9,11,14H,1,10H2,2-4H3;2-5H,6-7H2,1H3;2-5H,1H3;2-5H,1H3;4H,1,5H2,2-3H3;1H2. The third kappa shape index (κ3) is 48.0. The number of hydrogen-bond donors (Lipinski definition) is 2. The van der Waals surface area contributed by atoms with Crippen molar-refractivity contribution in [3.63, 3.8) is 0 Å². The molecule has 758 valence electrons. The van der Waals surface area contributed by atoms with E-state index in [2.05, 4.69) is 379 Å². The molecule has 2 N–H and O–H groups in total. The molecule has 0 radical (unpaired) electrons. The highest BCUT2D eigenvalue weighted by atomic mass is 79.9. The fraction of sp³-hybridized carbons (Fsp3) is 0.378. The summed E-state index contributed by atoms with van der Waals surface area (Å²) in [5.41, 5.74) is 16.7. The van der Waals surface area contributed by atoms with Crippen molar-refractivity contribution in [2.24, 2.45) is 0 Å². The first-order chi connectivity index (χ1) is 65.8. The molecule has 140 heavy (non-hydrogen) atoms. The summed E-state index contributed by atoms with van der Waals surface area (Å²) < 4.78 is 25.6. The SMILES string of the molecule is C=CC[Si](C)(C)Cl.C=CC[Si](C)(C)c1ccc(C(C)O)cc1.C=CC[Si](C)(C)c1ccc(C2(C)OCCO2)cc1.CC(=O)c1ccc(Br)cc1.CC(=O)c1ccc([Si](C)(C)CCCc2ccc(C)cc2)cc1.CC1(c2ccc(Br)cc2)OCCO1.Cc1ccc(Br)cc1.Cc1ccc(CCC[Si](C)(C)c2ccc(C(C)Br)cc2)cc1.Cc1ccc(CCC[Si](C)(C)c2ccc(C(C)O)cc2)cc1.ClCCl. The molecular weight excluding hydrogens is 2150 g/mol. The Hall–Kier alpha value is -6.17. The molecule has 0 spiro atoms. The molecule has 2 aliphatic heterocycles. The molecule has 13 rings (SSSR count). The zero-order valence-electron chi connectivity index (χ0n) is 88.0. The van der Waals surface area contributed by atoms with Crippen molar-refractivity contribution in [3.05, 3.63) is 396 Å². The topological polar surface area (TPSA) is 112 Å². The van der Waals surface area contributed by atoms with E-state index < -0.39 is 59.3 Å². The molecule has 2 saturated heterocycles. The van der Waals surface area contributed by atoms with Crippen LogP contribution in [0.5, 0.6) is 0 Å². The quantitative estimate of drug-likeness (QED) is 0.0151. The van der Waals surface area contributed by atoms with Gasteiger partial charge in [-0.3, -0.25) is 9.59 Å². The van der Waals surface area contributed by atoms with E-state index in [9.17, 15) is 19.8 Å². The predicted octanol–water partition coefficient (Wildman–Crippen LogP) is 33.3. The number of aliphatic hydroxyl groups excluding tert-OH is 2. The number of ketones is 2. The van der Waals surface area contributed by atoms with Crippen LogP contribution in [0.25, 0.3) is 0 Å². The van der Waals surface area contributed by atoms with E-state index in [4.69, 9.17) is 53.2 Å². The van der Waals surface area contributed by atoms with Gasteiger partial charge in [0.1, 0.15) is 0 Å². The largest absolute Gasteiger partial charge is 0.389 e. The lowest BCUT2D eigenvalue weighted by molar-refractivity contribution is -0.150. The Morgan fingerprint density at radius 1 is 0.357 bits per heavy atom. The maximum Gasteiger partial charge on any atom is 0.192 e. The van der Waals surface area contributed by atoms with Crippen LogP contribution in [0.1, 0.15) is 172 Å². The number of hydrogen-bond acceptors (Lipinski definition) is 8. The van der Waals surface area contributed by atoms with Crippen LogP contribution in [-0.2, 0) is 49.8 Å². The number of benzene rings is 11. The van der Waals surface area contributed by atoms with E-state index in [0.717, 1.165) is 71.4 Å². The van der Waals surface area contributed by atoms with Crippen LogP contribution in [-0.4, -0.2) is 101 Å². The number of carbonyl (C=O) groups is 2. The summed E-state index contributed by atoms with van der Waals surface area (Å²) in [5, 5.41) is 26.6. The minimum Gasteiger partial charge on any atom is -0.389 e. The molecule has 2 fully saturated rings. The van der Waals surface area contributed by atoms with Crippen LogP contribution in [0.15, 0.2) is 318 Å². The van der Waals surface area contributed by atoms with Gasteiger partial charge in [-0.1, -0.05) is 477 Å². The van der Waals surface area contributed by atoms with Crippen molar-refractivity contribution >= 4 is 183 Å². The molecule has 0 aromatic heterocycles. The fourth-order valence-electron chi connectivity index (χ4n) is 15.5. The van der Waals surface area contributed by atoms with Crippen LogP contribution >= 0.6 is 98.0 Å². The first-order valence-electron chi connectivity index (χ1n) is 48.9. The zero-order valence-corrected chi connectivity index (χ0v) is 103. The van der Waals surface area contributed by atoms with E-state index in [0.29, 0.717) is 31.3 Å². The Morgan fingerprint density at radius 2 is 0.571 bits per heavy atom. The van der Waals surface area contributed by atoms with Gasteiger partial charge in [-0.2, -0.15) is 11.1 Å². The van der Waals surface area contributed by atoms with Crippen molar-refractivity contribution in [2.75, 3.05) is 31.8 Å². The van der Waals surface area contributed by atoms with Gasteiger partial charge in [0, 0.05) is 40.5 Å². The molecular formula is C119H161Br4Cl3O8Si6. The third-order valence-corrected chi connectivity index (χ3v) is 45.9. The van der Waals surface area contributed by atoms with Gasteiger partial charge < -0.3 is 29.2 Å². The number of ether oxygens (including phenoxy) is 4. The first-order valence-corrected chi connectivity index (χ1v) is 73.5. The molecule has 11 aromatic carbocycles. The first kappa shape index (κ1) is 126. The van der Waals surface area contributed by atoms with E-state index in [1.165, 1.54) is 115 Å². The molecule has 21 heteroatoms. The molecule has 0 saturated carbocycles. The average Bonchev–Trinajstić information content (AvgIpc) is 1.57. The highest BCUT2D eigenvalue weighted by molar-refractivity contribution is 9.11. The Labute approximate surface area is 899 Å². The molecule has 11 aromatic rings. The normalized spacial score (nSPS) is 13.6. The molecule has 0 aliphatic carbocycles. The minimum atomic E-state index is -1.41. The lowest BCUT2D eigenvalue weighted by Crippen LogP contribution is -2.41. The molecule has 8 nitrogen and oxygen atoms in total. The number of rotatable bonds is 30. The van der Waals surface area contributed by atoms with Crippen LogP contribution in [0.3, 0.4) is 0 Å². The summed E-state index contributed by atoms with van der Waals surface area (Å²) in [5.74, 6) is -0.846. The molecule has 2 aliphatic rings. The van der Waals surface area contributed by atoms with E-state index >= 15 is 0 Å². The third-order valence-electron chi connectivity index (χ3n) is 25.2. The van der Waals surface area contributed by atoms with Gasteiger partial charge in [0.05, 0.1) is 84.3 Å². The predicted molar refractivity (Wildman–Crippen MR) is 640 cm³/mol. The summed E-state index contributed by atoms with van der Waals surface area (Å²) in [6.45, 7) is 63.7. The maximum absolute atomic E-state index is 11.4. The van der Waals surface area contributed by atoms with E-state index in [1.54, 1.807) is 38.1 Å². The second kappa shape index (κ2) is 63.4. The molecule has 0 bridgehead atoms. The van der Waals surface area contributed by atoms with Crippen LogP contribution < -0.4 is 25.9 Å². The number of alkyl halides is 3. The van der Waals surface area contributed by atoms with Gasteiger partial charge >= 0.3 is 0 Å². The van der Waals surface area contributed by atoms with Gasteiger partial charge in [0.2, 0.25) is 0 Å². The van der Waals surface area contributed by atoms with Gasteiger partial charge in [-0.25, -0.2) is 0 Å². The van der Waals surface area contributed by atoms with Gasteiger partial charge in [0.25, 0.3) is 0 Å². The number of Topliss-reactive ketones (excluding diaryl/α,β-unsaturated/α-hetero) is 2. The molecule has 0 amide bonds. The van der Waals surface area contributed by atoms with Crippen molar-refractivity contribution < 1.29 is 38.7 Å². The summed E-state index contributed by atoms with van der Waals surface area (Å²) >= 11 is 29.1. The summed E-state index contributed by atoms with van der Waals surface area (Å²) in [6, 6.07) is 101. The number of aryl methyl sites for hydroxylation is 7.